The van der Waals surface area contributed by atoms with Crippen LogP contribution in [-0.2, 0) is 9.53 Å². The van der Waals surface area contributed by atoms with E-state index in [0.29, 0.717) is 5.75 Å². The highest BCUT2D eigenvalue weighted by molar-refractivity contribution is 5.83. The van der Waals surface area contributed by atoms with Gasteiger partial charge in [-0.3, -0.25) is 4.79 Å². The van der Waals surface area contributed by atoms with E-state index in [2.05, 4.69) is 27.6 Å². The first-order valence-corrected chi connectivity index (χ1v) is 10.3. The summed E-state index contributed by atoms with van der Waals surface area (Å²) in [6, 6.07) is 25.7. The predicted octanol–water partition coefficient (Wildman–Crippen LogP) is 3.72. The normalized spacial score (nSPS) is 13.9. The number of carbonyl (C=O) groups excluding carboxylic acids is 1. The van der Waals surface area contributed by atoms with Crippen LogP contribution in [0.15, 0.2) is 84.0 Å². The molecule has 0 unspecified atom stereocenters. The summed E-state index contributed by atoms with van der Waals surface area (Å²) in [6.07, 6.45) is 1.62. The molecule has 6 nitrogen and oxygen atoms in total. The third-order valence-electron chi connectivity index (χ3n) is 5.00. The second-order valence-corrected chi connectivity index (χ2v) is 7.13. The summed E-state index contributed by atoms with van der Waals surface area (Å²) in [4.78, 5) is 14.4. The van der Waals surface area contributed by atoms with E-state index in [-0.39, 0.29) is 12.5 Å². The quantitative estimate of drug-likeness (QED) is 0.472. The molecule has 0 spiro atoms. The first kappa shape index (κ1) is 20.6. The maximum Gasteiger partial charge on any atom is 0.277 e. The number of carbonyl (C=O) groups is 1. The van der Waals surface area contributed by atoms with Gasteiger partial charge in [0.1, 0.15) is 5.75 Å². The third-order valence-corrected chi connectivity index (χ3v) is 5.00. The van der Waals surface area contributed by atoms with Crippen molar-refractivity contribution < 1.29 is 14.3 Å². The van der Waals surface area contributed by atoms with Crippen molar-refractivity contribution >= 4 is 17.8 Å². The first-order valence-electron chi connectivity index (χ1n) is 10.3. The molecular weight excluding hydrogens is 390 g/mol. The van der Waals surface area contributed by atoms with Gasteiger partial charge in [-0.25, -0.2) is 5.43 Å². The Hall–Kier alpha value is -3.64. The van der Waals surface area contributed by atoms with Crippen molar-refractivity contribution in [1.29, 1.82) is 0 Å². The molecular formula is C25H25N3O3. The van der Waals surface area contributed by atoms with Crippen LogP contribution in [0.3, 0.4) is 0 Å². The van der Waals surface area contributed by atoms with Crippen molar-refractivity contribution in [3.05, 3.63) is 84.4 Å². The number of rotatable bonds is 7. The van der Waals surface area contributed by atoms with Crippen LogP contribution in [0.2, 0.25) is 0 Å². The number of nitrogens with one attached hydrogen (secondary N) is 1. The van der Waals surface area contributed by atoms with Crippen LogP contribution < -0.4 is 15.1 Å². The maximum absolute atomic E-state index is 12.1. The summed E-state index contributed by atoms with van der Waals surface area (Å²) in [5.41, 5.74) is 6.57. The van der Waals surface area contributed by atoms with Gasteiger partial charge in [-0.05, 0) is 29.3 Å². The molecule has 1 aliphatic heterocycles. The zero-order valence-corrected chi connectivity index (χ0v) is 17.2. The van der Waals surface area contributed by atoms with Gasteiger partial charge in [0.25, 0.3) is 5.91 Å². The molecule has 1 amide bonds. The highest BCUT2D eigenvalue weighted by Crippen LogP contribution is 2.29. The molecule has 31 heavy (non-hydrogen) atoms. The smallest absolute Gasteiger partial charge is 0.277 e. The summed E-state index contributed by atoms with van der Waals surface area (Å²) < 4.78 is 11.1. The Morgan fingerprint density at radius 1 is 0.968 bits per heavy atom. The highest BCUT2D eigenvalue weighted by atomic mass is 16.5. The van der Waals surface area contributed by atoms with Crippen molar-refractivity contribution in [2.75, 3.05) is 37.8 Å². The number of morpholine rings is 1. The molecule has 0 bridgehead atoms. The number of benzene rings is 3. The van der Waals surface area contributed by atoms with Crippen molar-refractivity contribution in [2.24, 2.45) is 5.10 Å². The van der Waals surface area contributed by atoms with Crippen LogP contribution in [0.4, 0.5) is 5.69 Å². The first-order chi connectivity index (χ1) is 15.3. The molecule has 0 aliphatic carbocycles. The van der Waals surface area contributed by atoms with Crippen molar-refractivity contribution in [1.82, 2.24) is 5.43 Å². The molecule has 1 saturated heterocycles. The van der Waals surface area contributed by atoms with Gasteiger partial charge in [0, 0.05) is 24.3 Å². The van der Waals surface area contributed by atoms with Crippen LogP contribution in [0.1, 0.15) is 5.56 Å². The van der Waals surface area contributed by atoms with Gasteiger partial charge in [0.15, 0.2) is 6.61 Å². The predicted molar refractivity (Wildman–Crippen MR) is 123 cm³/mol. The summed E-state index contributed by atoms with van der Waals surface area (Å²) in [6.45, 7) is 3.20. The van der Waals surface area contributed by atoms with Crippen molar-refractivity contribution in [3.8, 4) is 16.9 Å². The van der Waals surface area contributed by atoms with Crippen LogP contribution in [0, 0.1) is 0 Å². The van der Waals surface area contributed by atoms with Gasteiger partial charge >= 0.3 is 0 Å². The second-order valence-electron chi connectivity index (χ2n) is 7.13. The van der Waals surface area contributed by atoms with E-state index < -0.39 is 0 Å². The fourth-order valence-corrected chi connectivity index (χ4v) is 3.40. The van der Waals surface area contributed by atoms with Gasteiger partial charge < -0.3 is 14.4 Å². The van der Waals surface area contributed by atoms with E-state index in [1.165, 1.54) is 0 Å². The number of hydrazone groups is 1. The Labute approximate surface area is 182 Å². The molecule has 4 rings (SSSR count). The number of ether oxygens (including phenoxy) is 2. The largest absolute Gasteiger partial charge is 0.483 e. The van der Waals surface area contributed by atoms with Gasteiger partial charge in [-0.15, -0.1) is 0 Å². The van der Waals surface area contributed by atoms with Crippen molar-refractivity contribution in [3.63, 3.8) is 0 Å². The van der Waals surface area contributed by atoms with Crippen molar-refractivity contribution in [2.45, 2.75) is 0 Å². The molecule has 1 N–H and O–H groups in total. The molecule has 3 aromatic carbocycles. The molecule has 0 atom stereocenters. The lowest BCUT2D eigenvalue weighted by molar-refractivity contribution is -0.123. The average molecular weight is 415 g/mol. The number of para-hydroxylation sites is 1. The average Bonchev–Trinajstić information content (AvgIpc) is 2.84. The van der Waals surface area contributed by atoms with E-state index in [9.17, 15) is 4.79 Å². The lowest BCUT2D eigenvalue weighted by Gasteiger charge is -2.28. The Balaban J connectivity index is 1.29. The Morgan fingerprint density at radius 3 is 2.45 bits per heavy atom. The van der Waals surface area contributed by atoms with Gasteiger partial charge in [-0.1, -0.05) is 60.7 Å². The van der Waals surface area contributed by atoms with Crippen LogP contribution >= 0.6 is 0 Å². The zero-order chi connectivity index (χ0) is 21.3. The minimum Gasteiger partial charge on any atom is -0.483 e. The number of hydrogen-bond acceptors (Lipinski definition) is 5. The Kier molecular flexibility index (Phi) is 6.92. The molecule has 158 valence electrons. The standard InChI is InChI=1S/C25H25N3O3/c29-25(19-31-24-9-5-4-8-23(24)21-6-2-1-3-7-21)27-26-18-20-10-12-22(13-11-20)28-14-16-30-17-15-28/h1-13,18H,14-17,19H2,(H,27,29)/b26-18-. The molecule has 0 aromatic heterocycles. The zero-order valence-electron chi connectivity index (χ0n) is 17.2. The third kappa shape index (κ3) is 5.71. The number of nitrogens with zero attached hydrogens (tertiary/aromatic N) is 2. The summed E-state index contributed by atoms with van der Waals surface area (Å²) in [5, 5.41) is 4.04. The lowest BCUT2D eigenvalue weighted by Crippen LogP contribution is -2.36. The molecule has 0 saturated carbocycles. The Morgan fingerprint density at radius 2 is 1.68 bits per heavy atom. The molecule has 6 heteroatoms. The second kappa shape index (κ2) is 10.4. The Bertz CT molecular complexity index is 1010. The van der Waals surface area contributed by atoms with Gasteiger partial charge in [-0.2, -0.15) is 5.10 Å². The SMILES string of the molecule is O=C(COc1ccccc1-c1ccccc1)N/N=C\c1ccc(N2CCOCC2)cc1. The maximum atomic E-state index is 12.1. The van der Waals surface area contributed by atoms with Gasteiger partial charge in [0.2, 0.25) is 0 Å². The van der Waals surface area contributed by atoms with E-state index in [1.54, 1.807) is 6.21 Å². The van der Waals surface area contributed by atoms with E-state index in [4.69, 9.17) is 9.47 Å². The number of anilines is 1. The number of amides is 1. The summed E-state index contributed by atoms with van der Waals surface area (Å²) in [7, 11) is 0. The minimum absolute atomic E-state index is 0.114. The molecule has 3 aromatic rings. The van der Waals surface area contributed by atoms with E-state index >= 15 is 0 Å². The van der Waals surface area contributed by atoms with Crippen LogP contribution in [-0.4, -0.2) is 45.0 Å². The molecule has 0 radical (unpaired) electrons. The lowest BCUT2D eigenvalue weighted by atomic mass is 10.1. The topological polar surface area (TPSA) is 63.2 Å². The fraction of sp³-hybridized carbons (Fsp3) is 0.200. The molecule has 1 heterocycles. The van der Waals surface area contributed by atoms with Gasteiger partial charge in [0.05, 0.1) is 19.4 Å². The minimum atomic E-state index is -0.316. The molecule has 1 aliphatic rings. The summed E-state index contributed by atoms with van der Waals surface area (Å²) >= 11 is 0. The monoisotopic (exact) mass is 415 g/mol. The summed E-state index contributed by atoms with van der Waals surface area (Å²) in [5.74, 6) is 0.343. The highest BCUT2D eigenvalue weighted by Gasteiger charge is 2.10. The van der Waals surface area contributed by atoms with E-state index in [1.807, 2.05) is 66.7 Å². The fourth-order valence-electron chi connectivity index (χ4n) is 3.40. The van der Waals surface area contributed by atoms with Crippen LogP contribution in [0.5, 0.6) is 5.75 Å². The van der Waals surface area contributed by atoms with Crippen LogP contribution in [0.25, 0.3) is 11.1 Å². The van der Waals surface area contributed by atoms with E-state index in [0.717, 1.165) is 48.7 Å². The molecule has 1 fully saturated rings. The number of hydrogen-bond donors (Lipinski definition) is 1.